The van der Waals surface area contributed by atoms with Gasteiger partial charge in [0, 0.05) is 0 Å². The van der Waals surface area contributed by atoms with Gasteiger partial charge in [-0.3, -0.25) is 0 Å². The van der Waals surface area contributed by atoms with Gasteiger partial charge in [0.05, 0.1) is 6.61 Å². The minimum Gasteiger partial charge on any atom is -0.477 e. The molecule has 18 heavy (non-hydrogen) atoms. The third-order valence-electron chi connectivity index (χ3n) is 2.06. The first-order chi connectivity index (χ1) is 8.49. The number of nitriles is 1. The molecule has 1 heterocycles. The van der Waals surface area contributed by atoms with Crippen LogP contribution in [-0.2, 0) is 6.18 Å². The summed E-state index contributed by atoms with van der Waals surface area (Å²) in [5.41, 5.74) is -1.08. The molecule has 0 N–H and O–H groups in total. The fourth-order valence-electron chi connectivity index (χ4n) is 1.19. The van der Waals surface area contributed by atoms with Crippen molar-refractivity contribution in [1.29, 1.82) is 5.26 Å². The Morgan fingerprint density at radius 2 is 2.17 bits per heavy atom. The average molecular weight is 256 g/mol. The van der Waals surface area contributed by atoms with Crippen molar-refractivity contribution in [3.05, 3.63) is 36.0 Å². The van der Waals surface area contributed by atoms with Crippen LogP contribution in [0.15, 0.2) is 24.8 Å². The van der Waals surface area contributed by atoms with Crippen molar-refractivity contribution in [2.45, 2.75) is 19.0 Å². The molecule has 0 amide bonds. The van der Waals surface area contributed by atoms with Crippen molar-refractivity contribution >= 4 is 0 Å². The number of pyridine rings is 1. The Labute approximate surface area is 103 Å². The second-order valence-corrected chi connectivity index (χ2v) is 3.44. The standard InChI is InChI=1S/C12H11F3N2O/c1-2-3-4-7-18-11-9(8-16)5-6-10(17-11)12(13,14)15/h2,5-6H,1,3-4,7H2. The predicted molar refractivity (Wildman–Crippen MR) is 58.9 cm³/mol. The lowest BCUT2D eigenvalue weighted by Gasteiger charge is -2.10. The number of ether oxygens (including phenoxy) is 1. The van der Waals surface area contributed by atoms with Gasteiger partial charge in [-0.1, -0.05) is 6.08 Å². The third kappa shape index (κ3) is 3.77. The maximum Gasteiger partial charge on any atom is 0.433 e. The molecule has 0 aliphatic heterocycles. The summed E-state index contributed by atoms with van der Waals surface area (Å²) >= 11 is 0. The van der Waals surface area contributed by atoms with Crippen LogP contribution in [0.4, 0.5) is 13.2 Å². The molecule has 0 saturated carbocycles. The summed E-state index contributed by atoms with van der Waals surface area (Å²) < 4.78 is 42.4. The highest BCUT2D eigenvalue weighted by Crippen LogP contribution is 2.30. The van der Waals surface area contributed by atoms with Gasteiger partial charge in [-0.15, -0.1) is 6.58 Å². The number of alkyl halides is 3. The number of halogens is 3. The van der Waals surface area contributed by atoms with Gasteiger partial charge in [0.1, 0.15) is 17.3 Å². The molecule has 0 aliphatic carbocycles. The number of hydrogen-bond donors (Lipinski definition) is 0. The summed E-state index contributed by atoms with van der Waals surface area (Å²) in [5, 5.41) is 8.75. The first kappa shape index (κ1) is 14.0. The van der Waals surface area contributed by atoms with Crippen LogP contribution in [0.25, 0.3) is 0 Å². The molecule has 1 rings (SSSR count). The summed E-state index contributed by atoms with van der Waals surface area (Å²) in [6.45, 7) is 3.70. The van der Waals surface area contributed by atoms with Crippen LogP contribution in [-0.4, -0.2) is 11.6 Å². The van der Waals surface area contributed by atoms with Gasteiger partial charge in [-0.05, 0) is 25.0 Å². The number of aromatic nitrogens is 1. The van der Waals surface area contributed by atoms with Crippen LogP contribution >= 0.6 is 0 Å². The van der Waals surface area contributed by atoms with Crippen LogP contribution < -0.4 is 4.74 Å². The first-order valence-electron chi connectivity index (χ1n) is 5.21. The number of rotatable bonds is 5. The highest BCUT2D eigenvalue weighted by atomic mass is 19.4. The van der Waals surface area contributed by atoms with Crippen molar-refractivity contribution in [2.75, 3.05) is 6.61 Å². The van der Waals surface area contributed by atoms with E-state index in [0.29, 0.717) is 12.8 Å². The Hall–Kier alpha value is -2.03. The van der Waals surface area contributed by atoms with Gasteiger partial charge < -0.3 is 4.74 Å². The van der Waals surface area contributed by atoms with Gasteiger partial charge in [0.25, 0.3) is 0 Å². The Bertz CT molecular complexity index is 463. The highest BCUT2D eigenvalue weighted by molar-refractivity contribution is 5.39. The molecule has 0 spiro atoms. The van der Waals surface area contributed by atoms with E-state index in [4.69, 9.17) is 10.00 Å². The Balaban J connectivity index is 2.86. The summed E-state index contributed by atoms with van der Waals surface area (Å²) in [6.07, 6.45) is -1.59. The molecule has 0 bridgehead atoms. The van der Waals surface area contributed by atoms with Gasteiger partial charge in [-0.25, -0.2) is 4.98 Å². The highest BCUT2D eigenvalue weighted by Gasteiger charge is 2.33. The molecule has 0 unspecified atom stereocenters. The van der Waals surface area contributed by atoms with Gasteiger partial charge in [0.15, 0.2) is 0 Å². The summed E-state index contributed by atoms with van der Waals surface area (Å²) in [6, 6.07) is 3.55. The Morgan fingerprint density at radius 1 is 1.44 bits per heavy atom. The average Bonchev–Trinajstić information content (AvgIpc) is 2.33. The Kier molecular flexibility index (Phi) is 4.72. The monoisotopic (exact) mass is 256 g/mol. The molecular formula is C12H11F3N2O. The molecule has 0 aliphatic rings. The molecule has 0 atom stereocenters. The van der Waals surface area contributed by atoms with Crippen LogP contribution in [0.1, 0.15) is 24.1 Å². The lowest BCUT2D eigenvalue weighted by atomic mass is 10.2. The lowest BCUT2D eigenvalue weighted by molar-refractivity contribution is -0.141. The van der Waals surface area contributed by atoms with Crippen molar-refractivity contribution < 1.29 is 17.9 Å². The first-order valence-corrected chi connectivity index (χ1v) is 5.21. The topological polar surface area (TPSA) is 45.9 Å². The third-order valence-corrected chi connectivity index (χ3v) is 2.06. The van der Waals surface area contributed by atoms with E-state index in [-0.39, 0.29) is 18.1 Å². The van der Waals surface area contributed by atoms with Crippen molar-refractivity contribution in [3.8, 4) is 11.9 Å². The van der Waals surface area contributed by atoms with E-state index in [0.717, 1.165) is 12.1 Å². The molecular weight excluding hydrogens is 245 g/mol. The molecule has 0 radical (unpaired) electrons. The van der Waals surface area contributed by atoms with E-state index in [1.807, 2.05) is 0 Å². The zero-order valence-electron chi connectivity index (χ0n) is 9.50. The zero-order chi connectivity index (χ0) is 13.6. The summed E-state index contributed by atoms with van der Waals surface area (Å²) in [5.74, 6) is -0.281. The zero-order valence-corrected chi connectivity index (χ0v) is 9.50. The second kappa shape index (κ2) is 6.05. The molecule has 1 aromatic rings. The van der Waals surface area contributed by atoms with Crippen molar-refractivity contribution in [2.24, 2.45) is 0 Å². The number of unbranched alkanes of at least 4 members (excludes halogenated alkanes) is 1. The van der Waals surface area contributed by atoms with E-state index in [1.165, 1.54) is 0 Å². The fourth-order valence-corrected chi connectivity index (χ4v) is 1.19. The van der Waals surface area contributed by atoms with Crippen LogP contribution in [0.3, 0.4) is 0 Å². The normalized spacial score (nSPS) is 10.8. The van der Waals surface area contributed by atoms with Crippen LogP contribution in [0.5, 0.6) is 5.88 Å². The number of nitrogens with zero attached hydrogens (tertiary/aromatic N) is 2. The van der Waals surface area contributed by atoms with Crippen molar-refractivity contribution in [3.63, 3.8) is 0 Å². The molecule has 0 aromatic carbocycles. The van der Waals surface area contributed by atoms with Gasteiger partial charge in [0.2, 0.25) is 5.88 Å². The van der Waals surface area contributed by atoms with Crippen molar-refractivity contribution in [1.82, 2.24) is 4.98 Å². The predicted octanol–water partition coefficient (Wildman–Crippen LogP) is 3.32. The SMILES string of the molecule is C=CCCCOc1nc(C(F)(F)F)ccc1C#N. The van der Waals surface area contributed by atoms with E-state index in [9.17, 15) is 13.2 Å². The lowest BCUT2D eigenvalue weighted by Crippen LogP contribution is -2.10. The van der Waals surface area contributed by atoms with E-state index in [1.54, 1.807) is 12.1 Å². The number of hydrogen-bond acceptors (Lipinski definition) is 3. The summed E-state index contributed by atoms with van der Waals surface area (Å²) in [4.78, 5) is 3.32. The van der Waals surface area contributed by atoms with Crippen LogP contribution in [0.2, 0.25) is 0 Å². The molecule has 0 saturated heterocycles. The van der Waals surface area contributed by atoms with Gasteiger partial charge in [-0.2, -0.15) is 18.4 Å². The minimum atomic E-state index is -4.55. The molecule has 1 aromatic heterocycles. The van der Waals surface area contributed by atoms with E-state index in [2.05, 4.69) is 11.6 Å². The maximum absolute atomic E-state index is 12.4. The van der Waals surface area contributed by atoms with E-state index < -0.39 is 11.9 Å². The second-order valence-electron chi connectivity index (χ2n) is 3.44. The molecule has 0 fully saturated rings. The smallest absolute Gasteiger partial charge is 0.433 e. The fraction of sp³-hybridized carbons (Fsp3) is 0.333. The number of allylic oxidation sites excluding steroid dienone is 1. The largest absolute Gasteiger partial charge is 0.477 e. The molecule has 3 nitrogen and oxygen atoms in total. The molecule has 96 valence electrons. The van der Waals surface area contributed by atoms with Crippen LogP contribution in [0, 0.1) is 11.3 Å². The Morgan fingerprint density at radius 3 is 2.72 bits per heavy atom. The molecule has 6 heteroatoms. The minimum absolute atomic E-state index is 0.0124. The summed E-state index contributed by atoms with van der Waals surface area (Å²) in [7, 11) is 0. The van der Waals surface area contributed by atoms with E-state index >= 15 is 0 Å². The quantitative estimate of drug-likeness (QED) is 0.599. The van der Waals surface area contributed by atoms with Gasteiger partial charge >= 0.3 is 6.18 Å². The maximum atomic E-state index is 12.4.